The molecule has 0 bridgehead atoms. The Morgan fingerprint density at radius 1 is 0.880 bits per heavy atom. The van der Waals surface area contributed by atoms with Gasteiger partial charge < -0.3 is 4.90 Å². The number of halogens is 1. The van der Waals surface area contributed by atoms with Gasteiger partial charge in [0.05, 0.1) is 0 Å². The van der Waals surface area contributed by atoms with E-state index in [0.29, 0.717) is 11.3 Å². The molecule has 1 aliphatic rings. The molecule has 2 heteroatoms. The lowest BCUT2D eigenvalue weighted by molar-refractivity contribution is 0.274. The SMILES string of the molecule is CCCN(CCCc1ccc(C2CC2Cl)cc1)CCc1ccccc1. The summed E-state index contributed by atoms with van der Waals surface area (Å²) >= 11 is 6.14. The Hall–Kier alpha value is -1.31. The fourth-order valence-electron chi connectivity index (χ4n) is 3.53. The van der Waals surface area contributed by atoms with Crippen LogP contribution in [0.2, 0.25) is 0 Å². The number of alkyl halides is 1. The molecular formula is C23H30ClN. The van der Waals surface area contributed by atoms with Crippen molar-refractivity contribution in [2.24, 2.45) is 0 Å². The van der Waals surface area contributed by atoms with E-state index in [1.807, 2.05) is 0 Å². The number of benzene rings is 2. The summed E-state index contributed by atoms with van der Waals surface area (Å²) in [6.07, 6.45) is 5.92. The summed E-state index contributed by atoms with van der Waals surface area (Å²) in [7, 11) is 0. The Kier molecular flexibility index (Phi) is 6.95. The summed E-state index contributed by atoms with van der Waals surface area (Å²) in [5, 5.41) is 0.373. The van der Waals surface area contributed by atoms with Crippen molar-refractivity contribution < 1.29 is 0 Å². The zero-order valence-corrected chi connectivity index (χ0v) is 16.1. The van der Waals surface area contributed by atoms with Crippen LogP contribution in [0.5, 0.6) is 0 Å². The van der Waals surface area contributed by atoms with E-state index in [1.54, 1.807) is 0 Å². The number of rotatable bonds is 10. The monoisotopic (exact) mass is 355 g/mol. The lowest BCUT2D eigenvalue weighted by Gasteiger charge is -2.21. The van der Waals surface area contributed by atoms with Crippen LogP contribution in [0.3, 0.4) is 0 Å². The van der Waals surface area contributed by atoms with Gasteiger partial charge in [0.25, 0.3) is 0 Å². The summed E-state index contributed by atoms with van der Waals surface area (Å²) in [6.45, 7) is 5.82. The van der Waals surface area contributed by atoms with Gasteiger partial charge in [-0.2, -0.15) is 0 Å². The molecule has 0 aromatic heterocycles. The molecule has 25 heavy (non-hydrogen) atoms. The summed E-state index contributed by atoms with van der Waals surface area (Å²) in [4.78, 5) is 2.61. The average molecular weight is 356 g/mol. The Bertz CT molecular complexity index is 622. The lowest BCUT2D eigenvalue weighted by Crippen LogP contribution is -2.28. The van der Waals surface area contributed by atoms with E-state index in [2.05, 4.69) is 66.4 Å². The van der Waals surface area contributed by atoms with Crippen LogP contribution in [0, 0.1) is 0 Å². The van der Waals surface area contributed by atoms with Crippen LogP contribution in [0.4, 0.5) is 0 Å². The van der Waals surface area contributed by atoms with Gasteiger partial charge in [0.15, 0.2) is 0 Å². The molecule has 0 spiro atoms. The van der Waals surface area contributed by atoms with E-state index in [0.717, 1.165) is 19.4 Å². The highest BCUT2D eigenvalue weighted by molar-refractivity contribution is 6.23. The Balaban J connectivity index is 1.41. The lowest BCUT2D eigenvalue weighted by atomic mass is 10.0. The molecule has 0 saturated heterocycles. The Morgan fingerprint density at radius 2 is 1.56 bits per heavy atom. The predicted octanol–water partition coefficient (Wildman–Crippen LogP) is 5.67. The second-order valence-corrected chi connectivity index (χ2v) is 7.84. The Morgan fingerprint density at radius 3 is 2.20 bits per heavy atom. The maximum absolute atomic E-state index is 6.14. The van der Waals surface area contributed by atoms with Crippen LogP contribution in [0.1, 0.15) is 48.8 Å². The maximum atomic E-state index is 6.14. The van der Waals surface area contributed by atoms with Gasteiger partial charge in [0.2, 0.25) is 0 Å². The normalized spacial score (nSPS) is 19.3. The van der Waals surface area contributed by atoms with Gasteiger partial charge in [-0.15, -0.1) is 11.6 Å². The Labute approximate surface area is 158 Å². The van der Waals surface area contributed by atoms with Crippen molar-refractivity contribution in [1.82, 2.24) is 4.90 Å². The zero-order chi connectivity index (χ0) is 17.5. The van der Waals surface area contributed by atoms with Crippen LogP contribution < -0.4 is 0 Å². The van der Waals surface area contributed by atoms with E-state index in [1.165, 1.54) is 49.0 Å². The minimum absolute atomic E-state index is 0.373. The van der Waals surface area contributed by atoms with Crippen molar-refractivity contribution in [3.63, 3.8) is 0 Å². The predicted molar refractivity (Wildman–Crippen MR) is 109 cm³/mol. The molecule has 0 amide bonds. The zero-order valence-electron chi connectivity index (χ0n) is 15.3. The van der Waals surface area contributed by atoms with Crippen molar-refractivity contribution in [2.75, 3.05) is 19.6 Å². The molecule has 2 atom stereocenters. The van der Waals surface area contributed by atoms with Crippen molar-refractivity contribution >= 4 is 11.6 Å². The van der Waals surface area contributed by atoms with E-state index in [4.69, 9.17) is 11.6 Å². The van der Waals surface area contributed by atoms with Crippen LogP contribution in [-0.2, 0) is 12.8 Å². The maximum Gasteiger partial charge on any atom is 0.0411 e. The summed E-state index contributed by atoms with van der Waals surface area (Å²) < 4.78 is 0. The molecule has 1 saturated carbocycles. The minimum atomic E-state index is 0.373. The highest BCUT2D eigenvalue weighted by atomic mass is 35.5. The van der Waals surface area contributed by atoms with Crippen molar-refractivity contribution in [3.8, 4) is 0 Å². The van der Waals surface area contributed by atoms with Crippen LogP contribution in [0.25, 0.3) is 0 Å². The third kappa shape index (κ3) is 5.87. The van der Waals surface area contributed by atoms with E-state index in [-0.39, 0.29) is 0 Å². The fraction of sp³-hybridized carbons (Fsp3) is 0.478. The van der Waals surface area contributed by atoms with Crippen molar-refractivity contribution in [3.05, 3.63) is 71.3 Å². The summed E-state index contributed by atoms with van der Waals surface area (Å²) in [5.74, 6) is 0.605. The highest BCUT2D eigenvalue weighted by Gasteiger charge is 2.36. The largest absolute Gasteiger partial charge is 0.303 e. The first-order valence-electron chi connectivity index (χ1n) is 9.75. The van der Waals surface area contributed by atoms with Gasteiger partial charge >= 0.3 is 0 Å². The van der Waals surface area contributed by atoms with Gasteiger partial charge in [-0.3, -0.25) is 0 Å². The quantitative estimate of drug-likeness (QED) is 0.496. The first-order chi connectivity index (χ1) is 12.3. The van der Waals surface area contributed by atoms with Gasteiger partial charge in [-0.1, -0.05) is 61.5 Å². The first-order valence-corrected chi connectivity index (χ1v) is 10.2. The first kappa shape index (κ1) is 18.5. The van der Waals surface area contributed by atoms with Gasteiger partial charge in [-0.25, -0.2) is 0 Å². The van der Waals surface area contributed by atoms with Gasteiger partial charge in [-0.05, 0) is 61.9 Å². The fourth-order valence-corrected chi connectivity index (χ4v) is 3.87. The van der Waals surface area contributed by atoms with E-state index in [9.17, 15) is 0 Å². The molecular weight excluding hydrogens is 326 g/mol. The molecule has 2 unspecified atom stereocenters. The average Bonchev–Trinajstić information content (AvgIpc) is 3.38. The molecule has 0 N–H and O–H groups in total. The molecule has 1 nitrogen and oxygen atoms in total. The van der Waals surface area contributed by atoms with Gasteiger partial charge in [0.1, 0.15) is 0 Å². The molecule has 1 aliphatic carbocycles. The summed E-state index contributed by atoms with van der Waals surface area (Å²) in [5.41, 5.74) is 4.31. The van der Waals surface area contributed by atoms with E-state index >= 15 is 0 Å². The molecule has 3 rings (SSSR count). The van der Waals surface area contributed by atoms with Crippen molar-refractivity contribution in [2.45, 2.75) is 50.3 Å². The van der Waals surface area contributed by atoms with E-state index < -0.39 is 0 Å². The molecule has 0 heterocycles. The van der Waals surface area contributed by atoms with Crippen LogP contribution in [-0.4, -0.2) is 29.9 Å². The molecule has 134 valence electrons. The molecule has 1 fully saturated rings. The third-order valence-corrected chi connectivity index (χ3v) is 5.64. The van der Waals surface area contributed by atoms with Crippen LogP contribution >= 0.6 is 11.6 Å². The van der Waals surface area contributed by atoms with Crippen LogP contribution in [0.15, 0.2) is 54.6 Å². The number of hydrogen-bond donors (Lipinski definition) is 0. The highest BCUT2D eigenvalue weighted by Crippen LogP contribution is 2.45. The summed E-state index contributed by atoms with van der Waals surface area (Å²) in [6, 6.07) is 20.0. The molecule has 2 aromatic rings. The molecule has 0 radical (unpaired) electrons. The second-order valence-electron chi connectivity index (χ2n) is 7.28. The second kappa shape index (κ2) is 9.40. The minimum Gasteiger partial charge on any atom is -0.303 e. The topological polar surface area (TPSA) is 3.24 Å². The smallest absolute Gasteiger partial charge is 0.0411 e. The third-order valence-electron chi connectivity index (χ3n) is 5.16. The number of aryl methyl sites for hydroxylation is 1. The van der Waals surface area contributed by atoms with Gasteiger partial charge in [0, 0.05) is 17.8 Å². The molecule has 2 aromatic carbocycles. The number of hydrogen-bond acceptors (Lipinski definition) is 1. The standard InChI is InChI=1S/C23H30ClN/c1-2-15-25(17-14-19-7-4-3-5-8-19)16-6-9-20-10-12-21(13-11-20)22-18-23(22)24/h3-5,7-8,10-13,22-23H,2,6,9,14-18H2,1H3. The molecule has 0 aliphatic heterocycles. The van der Waals surface area contributed by atoms with Crippen molar-refractivity contribution in [1.29, 1.82) is 0 Å². The number of nitrogens with zero attached hydrogens (tertiary/aromatic N) is 1.